The number of rotatable bonds is 4. The summed E-state index contributed by atoms with van der Waals surface area (Å²) in [6, 6.07) is 0.742. The van der Waals surface area contributed by atoms with Crippen molar-refractivity contribution in [2.75, 3.05) is 6.54 Å². The molecule has 0 aromatic rings. The van der Waals surface area contributed by atoms with Gasteiger partial charge in [-0.25, -0.2) is 5.32 Å². The zero-order valence-corrected chi connectivity index (χ0v) is 6.97. The first kappa shape index (κ1) is 8.06. The van der Waals surface area contributed by atoms with E-state index in [0.717, 1.165) is 12.6 Å². The Morgan fingerprint density at radius 3 is 2.60 bits per heavy atom. The van der Waals surface area contributed by atoms with Gasteiger partial charge in [-0.15, -0.1) is 0 Å². The van der Waals surface area contributed by atoms with Crippen molar-refractivity contribution in [3.05, 3.63) is 0 Å². The predicted molar refractivity (Wildman–Crippen MR) is 44.2 cm³/mol. The van der Waals surface area contributed by atoms with E-state index in [1.54, 1.807) is 0 Å². The standard InChI is InChI=1S/C9H18N/c1-2-3-8-10-9-6-4-5-7-9/h9H,2-8H2,1H3. The van der Waals surface area contributed by atoms with Gasteiger partial charge in [0.05, 0.1) is 0 Å². The van der Waals surface area contributed by atoms with Gasteiger partial charge < -0.3 is 0 Å². The third-order valence-corrected chi connectivity index (χ3v) is 2.22. The Morgan fingerprint density at radius 2 is 2.00 bits per heavy atom. The highest BCUT2D eigenvalue weighted by Gasteiger charge is 2.13. The Bertz CT molecular complexity index is 74.8. The van der Waals surface area contributed by atoms with Crippen LogP contribution in [0.15, 0.2) is 0 Å². The van der Waals surface area contributed by atoms with Crippen LogP contribution >= 0.6 is 0 Å². The first-order valence-corrected chi connectivity index (χ1v) is 4.60. The Labute approximate surface area is 64.2 Å². The summed E-state index contributed by atoms with van der Waals surface area (Å²) in [7, 11) is 0. The second-order valence-electron chi connectivity index (χ2n) is 3.20. The van der Waals surface area contributed by atoms with E-state index in [0.29, 0.717) is 0 Å². The minimum absolute atomic E-state index is 0.742. The molecule has 1 nitrogen and oxygen atoms in total. The lowest BCUT2D eigenvalue weighted by molar-refractivity contribution is 0.502. The molecule has 0 N–H and O–H groups in total. The maximum Gasteiger partial charge on any atom is 0.0246 e. The fraction of sp³-hybridized carbons (Fsp3) is 1.00. The zero-order chi connectivity index (χ0) is 7.23. The van der Waals surface area contributed by atoms with Crippen molar-refractivity contribution >= 4 is 0 Å². The number of unbranched alkanes of at least 4 members (excludes halogenated alkanes) is 1. The minimum Gasteiger partial charge on any atom is -0.238 e. The quantitative estimate of drug-likeness (QED) is 0.532. The lowest BCUT2D eigenvalue weighted by atomic mass is 10.2. The van der Waals surface area contributed by atoms with Crippen molar-refractivity contribution < 1.29 is 0 Å². The van der Waals surface area contributed by atoms with Gasteiger partial charge in [0, 0.05) is 12.6 Å². The van der Waals surface area contributed by atoms with Crippen LogP contribution in [0.3, 0.4) is 0 Å². The van der Waals surface area contributed by atoms with Crippen LogP contribution in [0.4, 0.5) is 0 Å². The molecule has 0 atom stereocenters. The molecule has 1 radical (unpaired) electrons. The van der Waals surface area contributed by atoms with Gasteiger partial charge >= 0.3 is 0 Å². The third kappa shape index (κ3) is 2.70. The van der Waals surface area contributed by atoms with Gasteiger partial charge in [-0.1, -0.05) is 26.2 Å². The molecule has 10 heavy (non-hydrogen) atoms. The Hall–Kier alpha value is -0.0400. The molecule has 0 unspecified atom stereocenters. The maximum atomic E-state index is 4.61. The maximum absolute atomic E-state index is 4.61. The SMILES string of the molecule is CCCC[N]C1CCCC1. The average molecular weight is 140 g/mol. The molecule has 0 aromatic heterocycles. The first-order valence-electron chi connectivity index (χ1n) is 4.60. The van der Waals surface area contributed by atoms with E-state index in [1.165, 1.54) is 38.5 Å². The summed E-state index contributed by atoms with van der Waals surface area (Å²) in [6.45, 7) is 3.34. The molecular formula is C9H18N. The largest absolute Gasteiger partial charge is 0.238 e. The van der Waals surface area contributed by atoms with Crippen molar-refractivity contribution in [2.45, 2.75) is 51.5 Å². The normalized spacial score (nSPS) is 20.1. The summed E-state index contributed by atoms with van der Waals surface area (Å²) in [5.41, 5.74) is 0. The lowest BCUT2D eigenvalue weighted by Gasteiger charge is -2.07. The smallest absolute Gasteiger partial charge is 0.0246 e. The van der Waals surface area contributed by atoms with Crippen molar-refractivity contribution in [2.24, 2.45) is 0 Å². The average Bonchev–Trinajstić information content (AvgIpc) is 2.41. The van der Waals surface area contributed by atoms with Crippen LogP contribution in [0.2, 0.25) is 0 Å². The summed E-state index contributed by atoms with van der Waals surface area (Å²) in [4.78, 5) is 0. The van der Waals surface area contributed by atoms with E-state index in [9.17, 15) is 0 Å². The minimum atomic E-state index is 0.742. The summed E-state index contributed by atoms with van der Waals surface area (Å²) in [5, 5.41) is 4.61. The molecule has 1 saturated carbocycles. The molecule has 1 rings (SSSR count). The van der Waals surface area contributed by atoms with Gasteiger partial charge in [0.1, 0.15) is 0 Å². The monoisotopic (exact) mass is 140 g/mol. The van der Waals surface area contributed by atoms with Crippen LogP contribution in [0, 0.1) is 0 Å². The molecular weight excluding hydrogens is 122 g/mol. The van der Waals surface area contributed by atoms with Crippen LogP contribution in [0.1, 0.15) is 45.4 Å². The summed E-state index contributed by atoms with van der Waals surface area (Å²) < 4.78 is 0. The second kappa shape index (κ2) is 4.73. The predicted octanol–water partition coefficient (Wildman–Crippen LogP) is 2.33. The van der Waals surface area contributed by atoms with Crippen LogP contribution in [-0.2, 0) is 0 Å². The topological polar surface area (TPSA) is 14.1 Å². The van der Waals surface area contributed by atoms with Gasteiger partial charge in [0.15, 0.2) is 0 Å². The van der Waals surface area contributed by atoms with Crippen molar-refractivity contribution in [3.8, 4) is 0 Å². The molecule has 1 aliphatic carbocycles. The van der Waals surface area contributed by atoms with Crippen LogP contribution < -0.4 is 5.32 Å². The van der Waals surface area contributed by atoms with Gasteiger partial charge in [-0.05, 0) is 19.3 Å². The first-order chi connectivity index (χ1) is 4.93. The summed E-state index contributed by atoms with van der Waals surface area (Å²) in [5.74, 6) is 0. The van der Waals surface area contributed by atoms with E-state index >= 15 is 0 Å². The van der Waals surface area contributed by atoms with Crippen LogP contribution in [0.25, 0.3) is 0 Å². The highest BCUT2D eigenvalue weighted by Crippen LogP contribution is 2.18. The number of hydrogen-bond donors (Lipinski definition) is 0. The Morgan fingerprint density at radius 1 is 1.30 bits per heavy atom. The van der Waals surface area contributed by atoms with E-state index in [1.807, 2.05) is 0 Å². The fourth-order valence-electron chi connectivity index (χ4n) is 1.52. The van der Waals surface area contributed by atoms with Crippen LogP contribution in [-0.4, -0.2) is 12.6 Å². The lowest BCUT2D eigenvalue weighted by Crippen LogP contribution is -2.18. The molecule has 0 saturated heterocycles. The zero-order valence-electron chi connectivity index (χ0n) is 6.97. The third-order valence-electron chi connectivity index (χ3n) is 2.22. The van der Waals surface area contributed by atoms with E-state index in [2.05, 4.69) is 12.2 Å². The molecule has 1 heteroatoms. The molecule has 59 valence electrons. The van der Waals surface area contributed by atoms with E-state index in [4.69, 9.17) is 0 Å². The molecule has 0 spiro atoms. The summed E-state index contributed by atoms with van der Waals surface area (Å²) in [6.07, 6.45) is 8.14. The van der Waals surface area contributed by atoms with Crippen molar-refractivity contribution in [1.29, 1.82) is 0 Å². The van der Waals surface area contributed by atoms with Crippen molar-refractivity contribution in [3.63, 3.8) is 0 Å². The molecule has 0 aliphatic heterocycles. The van der Waals surface area contributed by atoms with Gasteiger partial charge in [0.25, 0.3) is 0 Å². The molecule has 0 bridgehead atoms. The second-order valence-corrected chi connectivity index (χ2v) is 3.20. The highest BCUT2D eigenvalue weighted by molar-refractivity contribution is 4.72. The molecule has 1 aliphatic rings. The number of nitrogens with zero attached hydrogens (tertiary/aromatic N) is 1. The van der Waals surface area contributed by atoms with Gasteiger partial charge in [-0.2, -0.15) is 0 Å². The molecule has 0 heterocycles. The van der Waals surface area contributed by atoms with Crippen LogP contribution in [0.5, 0.6) is 0 Å². The summed E-state index contributed by atoms with van der Waals surface area (Å²) >= 11 is 0. The van der Waals surface area contributed by atoms with Gasteiger partial charge in [0.2, 0.25) is 0 Å². The van der Waals surface area contributed by atoms with E-state index < -0.39 is 0 Å². The van der Waals surface area contributed by atoms with E-state index in [-0.39, 0.29) is 0 Å². The number of hydrogen-bond acceptors (Lipinski definition) is 0. The molecule has 0 amide bonds. The Balaban J connectivity index is 1.91. The highest BCUT2D eigenvalue weighted by atomic mass is 14.9. The molecule has 1 fully saturated rings. The van der Waals surface area contributed by atoms with Crippen molar-refractivity contribution in [1.82, 2.24) is 5.32 Å². The fourth-order valence-corrected chi connectivity index (χ4v) is 1.52. The Kier molecular flexibility index (Phi) is 3.81. The molecule has 0 aromatic carbocycles. The van der Waals surface area contributed by atoms with Gasteiger partial charge in [-0.3, -0.25) is 0 Å².